The smallest absolute Gasteiger partial charge is 0.475 e. The molecule has 0 aromatic heterocycles. The number of alkyl halides is 3. The Labute approximate surface area is 99.0 Å². The average Bonchev–Trinajstić information content (AvgIpc) is 2.23. The zero-order chi connectivity index (χ0) is 14.7. The van der Waals surface area contributed by atoms with Crippen LogP contribution in [0.15, 0.2) is 0 Å². The first kappa shape index (κ1) is 17.1. The first-order chi connectivity index (χ1) is 7.98. The Bertz CT molecular complexity index is 268. The highest BCUT2D eigenvalue weighted by atomic mass is 19.4. The molecule has 7 nitrogen and oxygen atoms in total. The third-order valence-electron chi connectivity index (χ3n) is 2.07. The minimum atomic E-state index is -5.08. The molecule has 1 rings (SSSR count). The van der Waals surface area contributed by atoms with Gasteiger partial charge in [-0.1, -0.05) is 0 Å². The SMILES string of the molecule is C[C@@H]1OC(O)[C@@H](O)[C@H](O)[C@@H]1O.O=C(O)C(F)(F)F. The van der Waals surface area contributed by atoms with Crippen LogP contribution in [-0.4, -0.2) is 68.4 Å². The molecule has 18 heavy (non-hydrogen) atoms. The normalized spacial score (nSPS) is 36.6. The molecule has 0 aromatic rings. The number of aliphatic carboxylic acids is 1. The van der Waals surface area contributed by atoms with Crippen molar-refractivity contribution in [1.82, 2.24) is 0 Å². The van der Waals surface area contributed by atoms with Crippen molar-refractivity contribution in [3.8, 4) is 0 Å². The number of rotatable bonds is 0. The summed E-state index contributed by atoms with van der Waals surface area (Å²) in [6, 6.07) is 0. The fourth-order valence-electron chi connectivity index (χ4n) is 1.03. The van der Waals surface area contributed by atoms with Crippen LogP contribution in [0.25, 0.3) is 0 Å². The number of hydrogen-bond acceptors (Lipinski definition) is 6. The number of aliphatic hydroxyl groups is 4. The molecule has 1 heterocycles. The molecule has 0 aliphatic carbocycles. The van der Waals surface area contributed by atoms with Crippen LogP contribution in [0, 0.1) is 0 Å². The molecular weight excluding hydrogens is 265 g/mol. The summed E-state index contributed by atoms with van der Waals surface area (Å²) in [7, 11) is 0. The van der Waals surface area contributed by atoms with Gasteiger partial charge in [0, 0.05) is 0 Å². The Morgan fingerprint density at radius 2 is 1.44 bits per heavy atom. The van der Waals surface area contributed by atoms with Crippen molar-refractivity contribution in [3.63, 3.8) is 0 Å². The van der Waals surface area contributed by atoms with E-state index in [0.29, 0.717) is 0 Å². The second-order valence-corrected chi connectivity index (χ2v) is 3.51. The number of aliphatic hydroxyl groups excluding tert-OH is 4. The van der Waals surface area contributed by atoms with Gasteiger partial charge in [0.25, 0.3) is 0 Å². The number of carboxylic acid groups (broad SMARTS) is 1. The Hall–Kier alpha value is -0.940. The average molecular weight is 278 g/mol. The van der Waals surface area contributed by atoms with Crippen LogP contribution in [0.3, 0.4) is 0 Å². The third kappa shape index (κ3) is 4.74. The molecule has 1 aliphatic heterocycles. The monoisotopic (exact) mass is 278 g/mol. The van der Waals surface area contributed by atoms with Gasteiger partial charge < -0.3 is 30.3 Å². The summed E-state index contributed by atoms with van der Waals surface area (Å²) in [5.74, 6) is -2.76. The zero-order valence-electron chi connectivity index (χ0n) is 9.07. The maximum Gasteiger partial charge on any atom is 0.490 e. The van der Waals surface area contributed by atoms with Gasteiger partial charge in [0.15, 0.2) is 6.29 Å². The van der Waals surface area contributed by atoms with Gasteiger partial charge in [-0.25, -0.2) is 4.79 Å². The fourth-order valence-corrected chi connectivity index (χ4v) is 1.03. The quantitative estimate of drug-likeness (QED) is 0.362. The van der Waals surface area contributed by atoms with Crippen LogP contribution >= 0.6 is 0 Å². The number of halogens is 3. The predicted octanol–water partition coefficient (Wildman–Crippen LogP) is -1.56. The van der Waals surface area contributed by atoms with E-state index in [-0.39, 0.29) is 0 Å². The largest absolute Gasteiger partial charge is 0.490 e. The zero-order valence-corrected chi connectivity index (χ0v) is 9.07. The highest BCUT2D eigenvalue weighted by molar-refractivity contribution is 5.73. The molecule has 5 N–H and O–H groups in total. The van der Waals surface area contributed by atoms with Gasteiger partial charge in [0.05, 0.1) is 6.10 Å². The molecule has 0 radical (unpaired) electrons. The molecule has 1 unspecified atom stereocenters. The van der Waals surface area contributed by atoms with Crippen molar-refractivity contribution in [2.75, 3.05) is 0 Å². The van der Waals surface area contributed by atoms with E-state index in [4.69, 9.17) is 30.3 Å². The molecule has 0 aromatic carbocycles. The first-order valence-electron chi connectivity index (χ1n) is 4.66. The second kappa shape index (κ2) is 6.29. The van der Waals surface area contributed by atoms with Crippen LogP contribution in [0.4, 0.5) is 13.2 Å². The lowest BCUT2D eigenvalue weighted by molar-refractivity contribution is -0.277. The first-order valence-corrected chi connectivity index (χ1v) is 4.66. The molecule has 0 saturated carbocycles. The van der Waals surface area contributed by atoms with Crippen molar-refractivity contribution in [1.29, 1.82) is 0 Å². The van der Waals surface area contributed by atoms with Crippen molar-refractivity contribution < 1.29 is 48.2 Å². The maximum absolute atomic E-state index is 10.6. The molecule has 10 heteroatoms. The lowest BCUT2D eigenvalue weighted by Gasteiger charge is -2.36. The van der Waals surface area contributed by atoms with E-state index in [2.05, 4.69) is 4.74 Å². The van der Waals surface area contributed by atoms with E-state index < -0.39 is 42.9 Å². The fraction of sp³-hybridized carbons (Fsp3) is 0.875. The maximum atomic E-state index is 10.6. The summed E-state index contributed by atoms with van der Waals surface area (Å²) in [6.45, 7) is 1.50. The highest BCUT2D eigenvalue weighted by Gasteiger charge is 2.40. The summed E-state index contributed by atoms with van der Waals surface area (Å²) < 4.78 is 36.4. The van der Waals surface area contributed by atoms with E-state index in [0.717, 1.165) is 0 Å². The van der Waals surface area contributed by atoms with E-state index in [1.807, 2.05) is 0 Å². The van der Waals surface area contributed by atoms with Crippen molar-refractivity contribution in [2.24, 2.45) is 0 Å². The van der Waals surface area contributed by atoms with Gasteiger partial charge in [-0.15, -0.1) is 0 Å². The summed E-state index contributed by atoms with van der Waals surface area (Å²) >= 11 is 0. The Morgan fingerprint density at radius 3 is 1.78 bits per heavy atom. The van der Waals surface area contributed by atoms with E-state index in [9.17, 15) is 13.2 Å². The summed E-state index contributed by atoms with van der Waals surface area (Å²) in [6.07, 6.45) is -11.1. The minimum absolute atomic E-state index is 0.664. The number of carboxylic acids is 1. The summed E-state index contributed by atoms with van der Waals surface area (Å²) in [5.41, 5.74) is 0. The van der Waals surface area contributed by atoms with E-state index >= 15 is 0 Å². The lowest BCUT2D eigenvalue weighted by atomic mass is 10.0. The van der Waals surface area contributed by atoms with Gasteiger partial charge in [-0.2, -0.15) is 13.2 Å². The predicted molar refractivity (Wildman–Crippen MR) is 48.3 cm³/mol. The molecule has 1 fully saturated rings. The van der Waals surface area contributed by atoms with Crippen LogP contribution < -0.4 is 0 Å². The molecule has 5 atom stereocenters. The lowest BCUT2D eigenvalue weighted by Crippen LogP contribution is -2.56. The summed E-state index contributed by atoms with van der Waals surface area (Å²) in [5, 5.41) is 43.1. The minimum Gasteiger partial charge on any atom is -0.475 e. The molecular formula is C8H13F3O7. The summed E-state index contributed by atoms with van der Waals surface area (Å²) in [4.78, 5) is 8.90. The van der Waals surface area contributed by atoms with Crippen LogP contribution in [0.2, 0.25) is 0 Å². The topological polar surface area (TPSA) is 127 Å². The van der Waals surface area contributed by atoms with E-state index in [1.165, 1.54) is 6.92 Å². The van der Waals surface area contributed by atoms with Gasteiger partial charge in [0.1, 0.15) is 18.3 Å². The molecule has 108 valence electrons. The van der Waals surface area contributed by atoms with E-state index in [1.54, 1.807) is 0 Å². The Balaban J connectivity index is 0.000000360. The molecule has 0 amide bonds. The molecule has 1 saturated heterocycles. The van der Waals surface area contributed by atoms with Gasteiger partial charge in [0.2, 0.25) is 0 Å². The number of hydrogen-bond donors (Lipinski definition) is 5. The number of ether oxygens (including phenoxy) is 1. The van der Waals surface area contributed by atoms with Crippen LogP contribution in [-0.2, 0) is 9.53 Å². The standard InChI is InChI=1S/C6H12O5.C2HF3O2/c1-2-3(7)4(8)5(9)6(10)11-2;3-2(4,5)1(6)7/h2-10H,1H3;(H,6,7)/t2-,3+,4+,5-,6?;/m0./s1. The second-order valence-electron chi connectivity index (χ2n) is 3.51. The molecule has 1 aliphatic rings. The van der Waals surface area contributed by atoms with Gasteiger partial charge in [-0.3, -0.25) is 0 Å². The van der Waals surface area contributed by atoms with Crippen LogP contribution in [0.1, 0.15) is 6.92 Å². The van der Waals surface area contributed by atoms with Crippen molar-refractivity contribution in [2.45, 2.75) is 43.8 Å². The Kier molecular flexibility index (Phi) is 5.96. The van der Waals surface area contributed by atoms with Gasteiger partial charge in [-0.05, 0) is 6.92 Å². The third-order valence-corrected chi connectivity index (χ3v) is 2.07. The van der Waals surface area contributed by atoms with Crippen LogP contribution in [0.5, 0.6) is 0 Å². The molecule has 0 spiro atoms. The van der Waals surface area contributed by atoms with Crippen molar-refractivity contribution >= 4 is 5.97 Å². The highest BCUT2D eigenvalue weighted by Crippen LogP contribution is 2.18. The van der Waals surface area contributed by atoms with Crippen molar-refractivity contribution in [3.05, 3.63) is 0 Å². The van der Waals surface area contributed by atoms with Gasteiger partial charge >= 0.3 is 12.1 Å². The number of carbonyl (C=O) groups is 1. The Morgan fingerprint density at radius 1 is 1.06 bits per heavy atom. The molecule has 0 bridgehead atoms.